The number of aryl methyl sites for hydroxylation is 1. The van der Waals surface area contributed by atoms with E-state index in [1.165, 1.54) is 12.1 Å². The van der Waals surface area contributed by atoms with Crippen LogP contribution in [0.25, 0.3) is 22.2 Å². The van der Waals surface area contributed by atoms with Crippen molar-refractivity contribution in [3.8, 4) is 11.3 Å². The summed E-state index contributed by atoms with van der Waals surface area (Å²) in [5.74, 6) is -1.08. The highest BCUT2D eigenvalue weighted by atomic mass is 16.6. The molecule has 22 heavy (non-hydrogen) atoms. The second-order valence-electron chi connectivity index (χ2n) is 4.88. The standard InChI is InChI=1S/C15H11N3O4/c1-8-5-6-12(18(21)22)11(7-8)14-9-3-2-4-10(15(19)20)13(9)16-17-14/h2-7H,1H3,(H,16,17)(H,19,20). The summed E-state index contributed by atoms with van der Waals surface area (Å²) in [6.07, 6.45) is 0. The minimum Gasteiger partial charge on any atom is -0.478 e. The topological polar surface area (TPSA) is 109 Å². The zero-order valence-corrected chi connectivity index (χ0v) is 11.5. The molecular weight excluding hydrogens is 286 g/mol. The lowest BCUT2D eigenvalue weighted by Crippen LogP contribution is -1.96. The molecule has 3 rings (SSSR count). The van der Waals surface area contributed by atoms with Crippen LogP contribution in [0.3, 0.4) is 0 Å². The number of nitrogens with one attached hydrogen (secondary N) is 1. The average molecular weight is 297 g/mol. The van der Waals surface area contributed by atoms with Gasteiger partial charge in [0, 0.05) is 11.5 Å². The number of nitro benzene ring substituents is 1. The number of hydrogen-bond donors (Lipinski definition) is 2. The average Bonchev–Trinajstić information content (AvgIpc) is 2.90. The minimum atomic E-state index is -1.08. The Kier molecular flexibility index (Phi) is 3.10. The van der Waals surface area contributed by atoms with Crippen molar-refractivity contribution in [2.75, 3.05) is 0 Å². The summed E-state index contributed by atoms with van der Waals surface area (Å²) < 4.78 is 0. The van der Waals surface area contributed by atoms with E-state index in [0.29, 0.717) is 22.2 Å². The molecule has 2 aromatic carbocycles. The molecule has 0 fully saturated rings. The van der Waals surface area contributed by atoms with E-state index in [1.54, 1.807) is 24.3 Å². The van der Waals surface area contributed by atoms with Gasteiger partial charge in [0.1, 0.15) is 5.69 Å². The van der Waals surface area contributed by atoms with Crippen LogP contribution in [0, 0.1) is 17.0 Å². The Morgan fingerprint density at radius 1 is 1.32 bits per heavy atom. The fourth-order valence-corrected chi connectivity index (χ4v) is 2.42. The normalized spacial score (nSPS) is 10.8. The van der Waals surface area contributed by atoms with E-state index in [-0.39, 0.29) is 11.3 Å². The fourth-order valence-electron chi connectivity index (χ4n) is 2.42. The minimum absolute atomic E-state index is 0.0697. The van der Waals surface area contributed by atoms with Gasteiger partial charge in [-0.05, 0) is 24.6 Å². The number of fused-ring (bicyclic) bond motifs is 1. The van der Waals surface area contributed by atoms with Crippen molar-refractivity contribution in [3.63, 3.8) is 0 Å². The van der Waals surface area contributed by atoms with E-state index in [1.807, 2.05) is 6.92 Å². The Morgan fingerprint density at radius 2 is 2.09 bits per heavy atom. The second-order valence-corrected chi connectivity index (χ2v) is 4.88. The first-order valence-corrected chi connectivity index (χ1v) is 6.45. The van der Waals surface area contributed by atoms with Crippen LogP contribution in [-0.2, 0) is 0 Å². The van der Waals surface area contributed by atoms with Gasteiger partial charge in [-0.3, -0.25) is 15.2 Å². The molecule has 0 spiro atoms. The number of aromatic amines is 1. The lowest BCUT2D eigenvalue weighted by molar-refractivity contribution is -0.384. The predicted octanol–water partition coefficient (Wildman–Crippen LogP) is 3.14. The maximum atomic E-state index is 11.2. The Hall–Kier alpha value is -3.22. The maximum absolute atomic E-state index is 11.2. The molecule has 0 unspecified atom stereocenters. The zero-order valence-electron chi connectivity index (χ0n) is 11.5. The van der Waals surface area contributed by atoms with E-state index in [4.69, 9.17) is 0 Å². The van der Waals surface area contributed by atoms with Gasteiger partial charge in [0.25, 0.3) is 5.69 Å². The third kappa shape index (κ3) is 2.08. The predicted molar refractivity (Wildman–Crippen MR) is 79.9 cm³/mol. The van der Waals surface area contributed by atoms with E-state index in [9.17, 15) is 20.0 Å². The maximum Gasteiger partial charge on any atom is 0.337 e. The van der Waals surface area contributed by atoms with Crippen LogP contribution in [0.4, 0.5) is 5.69 Å². The number of para-hydroxylation sites is 1. The molecule has 7 heteroatoms. The number of benzene rings is 2. The van der Waals surface area contributed by atoms with Crippen LogP contribution in [0.15, 0.2) is 36.4 Å². The van der Waals surface area contributed by atoms with Crippen molar-refractivity contribution in [1.29, 1.82) is 0 Å². The molecule has 110 valence electrons. The number of H-pyrrole nitrogens is 1. The summed E-state index contributed by atoms with van der Waals surface area (Å²) in [5, 5.41) is 27.7. The molecule has 0 bridgehead atoms. The van der Waals surface area contributed by atoms with E-state index < -0.39 is 10.9 Å². The molecule has 0 saturated carbocycles. The molecule has 1 aromatic heterocycles. The van der Waals surface area contributed by atoms with Crippen molar-refractivity contribution in [2.45, 2.75) is 6.92 Å². The zero-order chi connectivity index (χ0) is 15.9. The van der Waals surface area contributed by atoms with Gasteiger partial charge >= 0.3 is 5.97 Å². The number of aromatic carboxylic acids is 1. The third-order valence-electron chi connectivity index (χ3n) is 3.43. The monoisotopic (exact) mass is 297 g/mol. The van der Waals surface area contributed by atoms with Crippen molar-refractivity contribution in [3.05, 3.63) is 57.6 Å². The SMILES string of the molecule is Cc1ccc([N+](=O)[O-])c(-c2n[nH]c3c(C(=O)O)cccc23)c1. The van der Waals surface area contributed by atoms with Crippen LogP contribution in [0.2, 0.25) is 0 Å². The third-order valence-corrected chi connectivity index (χ3v) is 3.43. The number of nitro groups is 1. The number of nitrogens with zero attached hydrogens (tertiary/aromatic N) is 2. The van der Waals surface area contributed by atoms with E-state index in [0.717, 1.165) is 5.56 Å². The van der Waals surface area contributed by atoms with Crippen LogP contribution < -0.4 is 0 Å². The number of carbonyl (C=O) groups is 1. The molecule has 0 saturated heterocycles. The molecule has 0 aliphatic rings. The highest BCUT2D eigenvalue weighted by molar-refractivity contribution is 6.06. The first-order chi connectivity index (χ1) is 10.5. The highest BCUT2D eigenvalue weighted by Crippen LogP contribution is 2.34. The van der Waals surface area contributed by atoms with Gasteiger partial charge < -0.3 is 5.11 Å². The van der Waals surface area contributed by atoms with Gasteiger partial charge in [0.2, 0.25) is 0 Å². The first kappa shape index (κ1) is 13.7. The fraction of sp³-hybridized carbons (Fsp3) is 0.0667. The van der Waals surface area contributed by atoms with Crippen molar-refractivity contribution < 1.29 is 14.8 Å². The van der Waals surface area contributed by atoms with Crippen molar-refractivity contribution >= 4 is 22.6 Å². The number of rotatable bonds is 3. The summed E-state index contributed by atoms with van der Waals surface area (Å²) >= 11 is 0. The molecule has 0 amide bonds. The number of hydrogen-bond acceptors (Lipinski definition) is 4. The van der Waals surface area contributed by atoms with Crippen molar-refractivity contribution in [1.82, 2.24) is 10.2 Å². The van der Waals surface area contributed by atoms with E-state index in [2.05, 4.69) is 10.2 Å². The largest absolute Gasteiger partial charge is 0.478 e. The molecule has 3 aromatic rings. The highest BCUT2D eigenvalue weighted by Gasteiger charge is 2.21. The lowest BCUT2D eigenvalue weighted by atomic mass is 10.0. The van der Waals surface area contributed by atoms with Gasteiger partial charge in [-0.2, -0.15) is 5.10 Å². The van der Waals surface area contributed by atoms with Gasteiger partial charge in [0.15, 0.2) is 0 Å². The van der Waals surface area contributed by atoms with Gasteiger partial charge in [-0.15, -0.1) is 0 Å². The number of carboxylic acid groups (broad SMARTS) is 1. The van der Waals surface area contributed by atoms with Gasteiger partial charge in [0.05, 0.1) is 21.6 Å². The molecule has 1 heterocycles. The van der Waals surface area contributed by atoms with Crippen LogP contribution >= 0.6 is 0 Å². The smallest absolute Gasteiger partial charge is 0.337 e. The first-order valence-electron chi connectivity index (χ1n) is 6.45. The molecule has 0 radical (unpaired) electrons. The molecule has 0 aliphatic heterocycles. The van der Waals surface area contributed by atoms with Gasteiger partial charge in [-0.1, -0.05) is 18.2 Å². The number of carboxylic acids is 1. The van der Waals surface area contributed by atoms with Crippen LogP contribution in [-0.4, -0.2) is 26.2 Å². The molecule has 0 atom stereocenters. The summed E-state index contributed by atoms with van der Waals surface area (Å²) in [5.41, 5.74) is 1.94. The Balaban J connectivity index is 2.33. The Morgan fingerprint density at radius 3 is 2.77 bits per heavy atom. The quantitative estimate of drug-likeness (QED) is 0.570. The second kappa shape index (κ2) is 4.96. The summed E-state index contributed by atoms with van der Waals surface area (Å²) in [6, 6.07) is 9.48. The Labute approximate surface area is 124 Å². The molecular formula is C15H11N3O4. The van der Waals surface area contributed by atoms with Crippen LogP contribution in [0.1, 0.15) is 15.9 Å². The number of aromatic nitrogens is 2. The Bertz CT molecular complexity index is 914. The summed E-state index contributed by atoms with van der Waals surface area (Å²) in [6.45, 7) is 1.82. The summed E-state index contributed by atoms with van der Waals surface area (Å²) in [4.78, 5) is 22.0. The molecule has 7 nitrogen and oxygen atoms in total. The van der Waals surface area contributed by atoms with Crippen molar-refractivity contribution in [2.24, 2.45) is 0 Å². The molecule has 2 N–H and O–H groups in total. The van der Waals surface area contributed by atoms with Crippen LogP contribution in [0.5, 0.6) is 0 Å². The van der Waals surface area contributed by atoms with E-state index >= 15 is 0 Å². The molecule has 0 aliphatic carbocycles. The van der Waals surface area contributed by atoms with Gasteiger partial charge in [-0.25, -0.2) is 4.79 Å². The lowest BCUT2D eigenvalue weighted by Gasteiger charge is -2.02. The summed E-state index contributed by atoms with van der Waals surface area (Å²) in [7, 11) is 0.